The van der Waals surface area contributed by atoms with E-state index in [1.807, 2.05) is 0 Å². The summed E-state index contributed by atoms with van der Waals surface area (Å²) < 4.78 is 13.3. The highest BCUT2D eigenvalue weighted by Gasteiger charge is 2.33. The number of amides is 1. The van der Waals surface area contributed by atoms with E-state index in [0.717, 1.165) is 25.7 Å². The zero-order valence-electron chi connectivity index (χ0n) is 10.8. The number of para-hydroxylation sites is 1. The van der Waals surface area contributed by atoms with Gasteiger partial charge in [0.2, 0.25) is 0 Å². The van der Waals surface area contributed by atoms with E-state index in [4.69, 9.17) is 5.73 Å². The highest BCUT2D eigenvalue weighted by atomic mass is 19.1. The summed E-state index contributed by atoms with van der Waals surface area (Å²) in [5.74, 6) is -0.984. The van der Waals surface area contributed by atoms with Gasteiger partial charge in [0.1, 0.15) is 5.82 Å². The van der Waals surface area contributed by atoms with Crippen LogP contribution in [0.3, 0.4) is 0 Å². The number of rotatable bonds is 4. The molecular weight excluding hydrogens is 247 g/mol. The largest absolute Gasteiger partial charge is 0.396 e. The average Bonchev–Trinajstić information content (AvgIpc) is 2.89. The minimum absolute atomic E-state index is 0.0614. The van der Waals surface area contributed by atoms with Gasteiger partial charge in [-0.2, -0.15) is 0 Å². The Hall–Kier alpha value is -1.62. The monoisotopic (exact) mass is 266 g/mol. The summed E-state index contributed by atoms with van der Waals surface area (Å²) >= 11 is 0. The maximum absolute atomic E-state index is 13.3. The molecule has 1 aliphatic rings. The summed E-state index contributed by atoms with van der Waals surface area (Å²) in [5, 5.41) is 12.2. The fourth-order valence-electron chi connectivity index (χ4n) is 2.61. The summed E-state index contributed by atoms with van der Waals surface area (Å²) in [6.07, 6.45) is 3.95. The van der Waals surface area contributed by atoms with Crippen LogP contribution in [-0.4, -0.2) is 24.2 Å². The molecule has 0 bridgehead atoms. The molecule has 1 fully saturated rings. The van der Waals surface area contributed by atoms with Gasteiger partial charge in [0.15, 0.2) is 0 Å². The number of aliphatic hydroxyl groups excluding tert-OH is 1. The van der Waals surface area contributed by atoms with Crippen molar-refractivity contribution in [3.05, 3.63) is 29.6 Å². The molecule has 0 spiro atoms. The second kappa shape index (κ2) is 5.57. The molecule has 1 saturated carbocycles. The van der Waals surface area contributed by atoms with E-state index in [-0.39, 0.29) is 23.3 Å². The maximum atomic E-state index is 13.3. The van der Waals surface area contributed by atoms with Gasteiger partial charge in [-0.05, 0) is 25.0 Å². The third-order valence-corrected chi connectivity index (χ3v) is 3.92. The van der Waals surface area contributed by atoms with Crippen molar-refractivity contribution in [2.24, 2.45) is 5.41 Å². The molecule has 1 aliphatic carbocycles. The minimum atomic E-state index is -0.592. The molecule has 2 rings (SSSR count). The van der Waals surface area contributed by atoms with E-state index in [0.29, 0.717) is 6.54 Å². The van der Waals surface area contributed by atoms with Gasteiger partial charge < -0.3 is 16.2 Å². The van der Waals surface area contributed by atoms with Crippen LogP contribution in [-0.2, 0) is 0 Å². The lowest BCUT2D eigenvalue weighted by molar-refractivity contribution is 0.0881. The Morgan fingerprint density at radius 3 is 2.74 bits per heavy atom. The predicted molar refractivity (Wildman–Crippen MR) is 71.1 cm³/mol. The number of nitrogen functional groups attached to an aromatic ring is 1. The van der Waals surface area contributed by atoms with Crippen LogP contribution in [0.25, 0.3) is 0 Å². The Bertz CT molecular complexity index is 471. The number of hydrogen-bond donors (Lipinski definition) is 3. The molecule has 1 amide bonds. The molecule has 0 atom stereocenters. The molecule has 0 heterocycles. The average molecular weight is 266 g/mol. The topological polar surface area (TPSA) is 75.4 Å². The number of benzene rings is 1. The third kappa shape index (κ3) is 2.87. The van der Waals surface area contributed by atoms with Crippen molar-refractivity contribution in [2.75, 3.05) is 18.9 Å². The Morgan fingerprint density at radius 2 is 2.11 bits per heavy atom. The van der Waals surface area contributed by atoms with Gasteiger partial charge in [0.25, 0.3) is 5.91 Å². The van der Waals surface area contributed by atoms with Crippen molar-refractivity contribution in [3.8, 4) is 0 Å². The van der Waals surface area contributed by atoms with E-state index in [1.54, 1.807) is 0 Å². The van der Waals surface area contributed by atoms with E-state index < -0.39 is 11.7 Å². The van der Waals surface area contributed by atoms with Crippen molar-refractivity contribution < 1.29 is 14.3 Å². The molecule has 4 N–H and O–H groups in total. The summed E-state index contributed by atoms with van der Waals surface area (Å²) in [6.45, 7) is 0.462. The van der Waals surface area contributed by atoms with E-state index in [1.165, 1.54) is 18.2 Å². The summed E-state index contributed by atoms with van der Waals surface area (Å²) in [6, 6.07) is 4.17. The molecule has 104 valence electrons. The number of halogens is 1. The molecule has 4 nitrogen and oxygen atoms in total. The predicted octanol–water partition coefficient (Wildman–Crippen LogP) is 1.69. The number of carbonyl (C=O) groups excluding carboxylic acids is 1. The molecule has 19 heavy (non-hydrogen) atoms. The first kappa shape index (κ1) is 13.8. The van der Waals surface area contributed by atoms with Crippen molar-refractivity contribution in [1.82, 2.24) is 5.32 Å². The van der Waals surface area contributed by atoms with Crippen molar-refractivity contribution >= 4 is 11.6 Å². The Morgan fingerprint density at radius 1 is 1.42 bits per heavy atom. The smallest absolute Gasteiger partial charge is 0.253 e. The highest BCUT2D eigenvalue weighted by Crippen LogP contribution is 2.36. The zero-order chi connectivity index (χ0) is 13.9. The fourth-order valence-corrected chi connectivity index (χ4v) is 2.61. The van der Waals surface area contributed by atoms with Crippen LogP contribution in [0.1, 0.15) is 36.0 Å². The van der Waals surface area contributed by atoms with E-state index in [9.17, 15) is 14.3 Å². The molecule has 1 aromatic carbocycles. The highest BCUT2D eigenvalue weighted by molar-refractivity contribution is 5.99. The zero-order valence-corrected chi connectivity index (χ0v) is 10.8. The Kier molecular flexibility index (Phi) is 4.04. The molecule has 1 aromatic rings. The van der Waals surface area contributed by atoms with E-state index >= 15 is 0 Å². The normalized spacial score (nSPS) is 17.4. The third-order valence-electron chi connectivity index (χ3n) is 3.92. The van der Waals surface area contributed by atoms with Crippen molar-refractivity contribution in [2.45, 2.75) is 25.7 Å². The van der Waals surface area contributed by atoms with Gasteiger partial charge in [-0.25, -0.2) is 4.39 Å². The molecule has 0 aromatic heterocycles. The lowest BCUT2D eigenvalue weighted by Gasteiger charge is -2.26. The van der Waals surface area contributed by atoms with Crippen LogP contribution in [0.4, 0.5) is 10.1 Å². The number of nitrogens with two attached hydrogens (primary N) is 1. The first-order valence-electron chi connectivity index (χ1n) is 6.51. The fraction of sp³-hybridized carbons (Fsp3) is 0.500. The van der Waals surface area contributed by atoms with E-state index in [2.05, 4.69) is 5.32 Å². The lowest BCUT2D eigenvalue weighted by Crippen LogP contribution is -2.38. The minimum Gasteiger partial charge on any atom is -0.396 e. The number of nitrogens with one attached hydrogen (secondary N) is 1. The van der Waals surface area contributed by atoms with Crippen LogP contribution in [0.2, 0.25) is 0 Å². The molecule has 0 saturated heterocycles. The molecule has 0 radical (unpaired) electrons. The summed E-state index contributed by atoms with van der Waals surface area (Å²) in [7, 11) is 0. The SMILES string of the molecule is Nc1c(F)cccc1C(=O)NCC1(CO)CCCC1. The molecule has 0 aliphatic heterocycles. The number of hydrogen-bond acceptors (Lipinski definition) is 3. The van der Waals surface area contributed by atoms with Crippen LogP contribution in [0.5, 0.6) is 0 Å². The van der Waals surface area contributed by atoms with Crippen molar-refractivity contribution in [3.63, 3.8) is 0 Å². The quantitative estimate of drug-likeness (QED) is 0.726. The second-order valence-corrected chi connectivity index (χ2v) is 5.25. The first-order chi connectivity index (χ1) is 9.08. The van der Waals surface area contributed by atoms with Crippen LogP contribution < -0.4 is 11.1 Å². The second-order valence-electron chi connectivity index (χ2n) is 5.25. The van der Waals surface area contributed by atoms with Gasteiger partial charge in [-0.1, -0.05) is 18.9 Å². The van der Waals surface area contributed by atoms with Gasteiger partial charge in [-0.15, -0.1) is 0 Å². The van der Waals surface area contributed by atoms with Gasteiger partial charge in [0, 0.05) is 12.0 Å². The van der Waals surface area contributed by atoms with Crippen LogP contribution in [0.15, 0.2) is 18.2 Å². The standard InChI is InChI=1S/C14H19FN2O2/c15-11-5-3-4-10(12(11)16)13(19)17-8-14(9-18)6-1-2-7-14/h3-5,18H,1-2,6-9,16H2,(H,17,19). The molecule has 5 heteroatoms. The van der Waals surface area contributed by atoms with Crippen molar-refractivity contribution in [1.29, 1.82) is 0 Å². The summed E-state index contributed by atoms with van der Waals surface area (Å²) in [5.41, 5.74) is 5.33. The maximum Gasteiger partial charge on any atom is 0.253 e. The molecular formula is C14H19FN2O2. The van der Waals surface area contributed by atoms with Crippen LogP contribution in [0, 0.1) is 11.2 Å². The Labute approximate surface area is 111 Å². The van der Waals surface area contributed by atoms with Gasteiger partial charge >= 0.3 is 0 Å². The number of anilines is 1. The van der Waals surface area contributed by atoms with Crippen LogP contribution >= 0.6 is 0 Å². The first-order valence-corrected chi connectivity index (χ1v) is 6.51. The number of aliphatic hydroxyl groups is 1. The number of carbonyl (C=O) groups is 1. The molecule has 0 unspecified atom stereocenters. The lowest BCUT2D eigenvalue weighted by atomic mass is 9.87. The van der Waals surface area contributed by atoms with Gasteiger partial charge in [0.05, 0.1) is 17.9 Å². The summed E-state index contributed by atoms with van der Waals surface area (Å²) in [4.78, 5) is 12.0. The van der Waals surface area contributed by atoms with Gasteiger partial charge in [-0.3, -0.25) is 4.79 Å². The Balaban J connectivity index is 2.03.